The van der Waals surface area contributed by atoms with Gasteiger partial charge in [0.25, 0.3) is 0 Å². The predicted molar refractivity (Wildman–Crippen MR) is 75.2 cm³/mol. The second-order valence-corrected chi connectivity index (χ2v) is 5.77. The molecule has 5 nitrogen and oxygen atoms in total. The Bertz CT molecular complexity index is 563. The zero-order valence-electron chi connectivity index (χ0n) is 10.5. The number of amides is 1. The second-order valence-electron chi connectivity index (χ2n) is 4.74. The lowest BCUT2D eigenvalue weighted by atomic mass is 10.1. The van der Waals surface area contributed by atoms with E-state index in [1.807, 2.05) is 22.2 Å². The van der Waals surface area contributed by atoms with Crippen molar-refractivity contribution in [1.82, 2.24) is 9.78 Å². The average molecular weight is 276 g/mol. The fourth-order valence-corrected chi connectivity index (χ4v) is 3.07. The first-order valence-corrected chi connectivity index (χ1v) is 7.20. The molecule has 1 atom stereocenters. The minimum absolute atomic E-state index is 0.142. The van der Waals surface area contributed by atoms with Crippen molar-refractivity contribution in [2.24, 2.45) is 11.7 Å². The molecule has 1 fully saturated rings. The van der Waals surface area contributed by atoms with Crippen molar-refractivity contribution in [3.8, 4) is 0 Å². The minimum atomic E-state index is 0.142. The molecule has 1 aliphatic heterocycles. The number of hydrogen-bond acceptors (Lipinski definition) is 4. The number of carbonyl (C=O) groups excluding carboxylic acids is 1. The van der Waals surface area contributed by atoms with Crippen LogP contribution in [0.15, 0.2) is 29.8 Å². The summed E-state index contributed by atoms with van der Waals surface area (Å²) in [5.41, 5.74) is 5.66. The van der Waals surface area contributed by atoms with Gasteiger partial charge in [0.15, 0.2) is 0 Å². The standard InChI is InChI=1S/C13H16N4OS/c14-7-10-6-13(18)16(8-10)12-3-4-15-17(12)9-11-2-1-5-19-11/h1-5,10H,6-9,14H2. The molecule has 0 bridgehead atoms. The lowest BCUT2D eigenvalue weighted by Gasteiger charge is -2.17. The third kappa shape index (κ3) is 2.41. The molecule has 2 aromatic rings. The molecule has 1 saturated heterocycles. The van der Waals surface area contributed by atoms with Gasteiger partial charge in [-0.05, 0) is 23.9 Å². The first kappa shape index (κ1) is 12.4. The molecule has 2 aromatic heterocycles. The van der Waals surface area contributed by atoms with Crippen LogP contribution < -0.4 is 10.6 Å². The van der Waals surface area contributed by atoms with E-state index < -0.39 is 0 Å². The van der Waals surface area contributed by atoms with Gasteiger partial charge >= 0.3 is 0 Å². The third-order valence-corrected chi connectivity index (χ3v) is 4.26. The van der Waals surface area contributed by atoms with Crippen LogP contribution >= 0.6 is 11.3 Å². The Kier molecular flexibility index (Phi) is 3.35. The number of nitrogens with two attached hydrogens (primary N) is 1. The van der Waals surface area contributed by atoms with Gasteiger partial charge in [-0.15, -0.1) is 11.3 Å². The van der Waals surface area contributed by atoms with Gasteiger partial charge in [-0.3, -0.25) is 9.69 Å². The van der Waals surface area contributed by atoms with E-state index >= 15 is 0 Å². The van der Waals surface area contributed by atoms with Gasteiger partial charge in [-0.2, -0.15) is 5.10 Å². The van der Waals surface area contributed by atoms with Gasteiger partial charge in [-0.1, -0.05) is 6.07 Å². The molecule has 1 unspecified atom stereocenters. The van der Waals surface area contributed by atoms with Crippen LogP contribution in [-0.4, -0.2) is 28.8 Å². The summed E-state index contributed by atoms with van der Waals surface area (Å²) in [6.07, 6.45) is 2.28. The van der Waals surface area contributed by atoms with Crippen molar-refractivity contribution in [2.75, 3.05) is 18.0 Å². The summed E-state index contributed by atoms with van der Waals surface area (Å²) in [7, 11) is 0. The SMILES string of the molecule is NCC1CC(=O)N(c2ccnn2Cc2cccs2)C1. The molecular formula is C13H16N4OS. The highest BCUT2D eigenvalue weighted by atomic mass is 32.1. The third-order valence-electron chi connectivity index (χ3n) is 3.39. The predicted octanol–water partition coefficient (Wildman–Crippen LogP) is 1.30. The maximum Gasteiger partial charge on any atom is 0.228 e. The van der Waals surface area contributed by atoms with Crippen LogP contribution in [-0.2, 0) is 11.3 Å². The zero-order chi connectivity index (χ0) is 13.2. The average Bonchev–Trinajstić information content (AvgIpc) is 3.10. The van der Waals surface area contributed by atoms with Gasteiger partial charge < -0.3 is 5.73 Å². The molecule has 0 radical (unpaired) electrons. The monoisotopic (exact) mass is 276 g/mol. The van der Waals surface area contributed by atoms with E-state index in [1.54, 1.807) is 22.4 Å². The van der Waals surface area contributed by atoms with Crippen LogP contribution in [0.25, 0.3) is 0 Å². The van der Waals surface area contributed by atoms with Crippen LogP contribution in [0.4, 0.5) is 5.82 Å². The van der Waals surface area contributed by atoms with E-state index in [9.17, 15) is 4.79 Å². The highest BCUT2D eigenvalue weighted by molar-refractivity contribution is 7.09. The molecular weight excluding hydrogens is 260 g/mol. The summed E-state index contributed by atoms with van der Waals surface area (Å²) >= 11 is 1.69. The van der Waals surface area contributed by atoms with Crippen LogP contribution in [0.5, 0.6) is 0 Å². The lowest BCUT2D eigenvalue weighted by Crippen LogP contribution is -2.28. The van der Waals surface area contributed by atoms with E-state index in [2.05, 4.69) is 11.2 Å². The molecule has 2 N–H and O–H groups in total. The smallest absolute Gasteiger partial charge is 0.228 e. The van der Waals surface area contributed by atoms with E-state index in [4.69, 9.17) is 5.73 Å². The van der Waals surface area contributed by atoms with E-state index in [0.29, 0.717) is 26.1 Å². The summed E-state index contributed by atoms with van der Waals surface area (Å²) < 4.78 is 1.88. The Hall–Kier alpha value is -1.66. The lowest BCUT2D eigenvalue weighted by molar-refractivity contribution is -0.117. The molecule has 0 aromatic carbocycles. The van der Waals surface area contributed by atoms with Crippen molar-refractivity contribution in [3.63, 3.8) is 0 Å². The first-order valence-electron chi connectivity index (χ1n) is 6.32. The second kappa shape index (κ2) is 5.14. The quantitative estimate of drug-likeness (QED) is 0.915. The number of thiophene rings is 1. The Balaban J connectivity index is 1.82. The molecule has 100 valence electrons. The molecule has 6 heteroatoms. The highest BCUT2D eigenvalue weighted by Crippen LogP contribution is 2.25. The summed E-state index contributed by atoms with van der Waals surface area (Å²) in [6.45, 7) is 1.96. The molecule has 1 amide bonds. The topological polar surface area (TPSA) is 64.2 Å². The number of carbonyl (C=O) groups is 1. The fourth-order valence-electron chi connectivity index (χ4n) is 2.39. The number of nitrogens with zero attached hydrogens (tertiary/aromatic N) is 3. The van der Waals surface area contributed by atoms with Crippen molar-refractivity contribution in [3.05, 3.63) is 34.7 Å². The van der Waals surface area contributed by atoms with Gasteiger partial charge in [-0.25, -0.2) is 4.68 Å². The van der Waals surface area contributed by atoms with Gasteiger partial charge in [0, 0.05) is 23.9 Å². The van der Waals surface area contributed by atoms with Crippen molar-refractivity contribution < 1.29 is 4.79 Å². The summed E-state index contributed by atoms with van der Waals surface area (Å²) in [5.74, 6) is 1.27. The largest absolute Gasteiger partial charge is 0.330 e. The first-order chi connectivity index (χ1) is 9.28. The number of rotatable bonds is 4. The summed E-state index contributed by atoms with van der Waals surface area (Å²) in [4.78, 5) is 15.1. The maximum atomic E-state index is 12.0. The Labute approximate surface area is 115 Å². The van der Waals surface area contributed by atoms with Crippen LogP contribution in [0.3, 0.4) is 0 Å². The number of anilines is 1. The van der Waals surface area contributed by atoms with E-state index in [1.165, 1.54) is 4.88 Å². The number of hydrogen-bond donors (Lipinski definition) is 1. The van der Waals surface area contributed by atoms with E-state index in [0.717, 1.165) is 5.82 Å². The van der Waals surface area contributed by atoms with Crippen LogP contribution in [0.2, 0.25) is 0 Å². The Morgan fingerprint density at radius 1 is 1.47 bits per heavy atom. The molecule has 0 spiro atoms. The maximum absolute atomic E-state index is 12.0. The zero-order valence-corrected chi connectivity index (χ0v) is 11.3. The van der Waals surface area contributed by atoms with Crippen molar-refractivity contribution in [2.45, 2.75) is 13.0 Å². The Morgan fingerprint density at radius 3 is 3.05 bits per heavy atom. The number of aromatic nitrogens is 2. The van der Waals surface area contributed by atoms with Crippen molar-refractivity contribution in [1.29, 1.82) is 0 Å². The molecule has 1 aliphatic rings. The molecule has 19 heavy (non-hydrogen) atoms. The minimum Gasteiger partial charge on any atom is -0.330 e. The highest BCUT2D eigenvalue weighted by Gasteiger charge is 2.31. The van der Waals surface area contributed by atoms with Crippen LogP contribution in [0.1, 0.15) is 11.3 Å². The molecule has 3 heterocycles. The molecule has 3 rings (SSSR count). The fraction of sp³-hybridized carbons (Fsp3) is 0.385. The van der Waals surface area contributed by atoms with E-state index in [-0.39, 0.29) is 11.8 Å². The van der Waals surface area contributed by atoms with Crippen LogP contribution in [0, 0.1) is 5.92 Å². The molecule has 0 aliphatic carbocycles. The Morgan fingerprint density at radius 2 is 2.37 bits per heavy atom. The summed E-state index contributed by atoms with van der Waals surface area (Å²) in [5, 5.41) is 6.36. The van der Waals surface area contributed by atoms with Gasteiger partial charge in [0.05, 0.1) is 12.7 Å². The van der Waals surface area contributed by atoms with Crippen molar-refractivity contribution >= 4 is 23.1 Å². The van der Waals surface area contributed by atoms with Gasteiger partial charge in [0.1, 0.15) is 5.82 Å². The summed E-state index contributed by atoms with van der Waals surface area (Å²) in [6, 6.07) is 5.99. The normalized spacial score (nSPS) is 19.3. The molecule has 0 saturated carbocycles. The van der Waals surface area contributed by atoms with Gasteiger partial charge in [0.2, 0.25) is 5.91 Å².